The van der Waals surface area contributed by atoms with E-state index >= 15 is 0 Å². The number of carbonyl (C=O) groups excluding carboxylic acids is 1. The van der Waals surface area contributed by atoms with Crippen molar-refractivity contribution < 1.29 is 9.21 Å². The zero-order chi connectivity index (χ0) is 22.6. The molecule has 0 unspecified atom stereocenters. The zero-order valence-corrected chi connectivity index (χ0v) is 19.5. The number of anilines is 1. The van der Waals surface area contributed by atoms with E-state index in [1.165, 1.54) is 0 Å². The summed E-state index contributed by atoms with van der Waals surface area (Å²) in [5.74, 6) is 1.83. The van der Waals surface area contributed by atoms with Gasteiger partial charge in [0.1, 0.15) is 11.6 Å². The second kappa shape index (κ2) is 9.58. The highest BCUT2D eigenvalue weighted by molar-refractivity contribution is 9.10. The van der Waals surface area contributed by atoms with Crippen molar-refractivity contribution >= 4 is 39.4 Å². The van der Waals surface area contributed by atoms with Crippen LogP contribution in [0.1, 0.15) is 35.8 Å². The Hall–Kier alpha value is -3.46. The first-order valence-electron chi connectivity index (χ1n) is 10.8. The summed E-state index contributed by atoms with van der Waals surface area (Å²) < 4.78 is 7.92. The van der Waals surface area contributed by atoms with Crippen molar-refractivity contribution in [3.05, 3.63) is 82.8 Å². The molecule has 0 radical (unpaired) electrons. The molecule has 5 rings (SSSR count). The van der Waals surface area contributed by atoms with Gasteiger partial charge in [-0.25, -0.2) is 4.98 Å². The molecule has 0 aliphatic carbocycles. The second-order valence-corrected chi connectivity index (χ2v) is 8.81. The molecule has 168 valence electrons. The fraction of sp³-hybridized carbons (Fsp3) is 0.250. The van der Waals surface area contributed by atoms with Crippen molar-refractivity contribution in [1.82, 2.24) is 24.5 Å². The first kappa shape index (κ1) is 21.4. The molecule has 0 aromatic carbocycles. The first-order chi connectivity index (χ1) is 16.2. The largest absolute Gasteiger partial charge is 0.465 e. The minimum atomic E-state index is 0.00521. The average molecular weight is 507 g/mol. The number of fused-ring (bicyclic) bond motifs is 1. The molecule has 0 spiro atoms. The van der Waals surface area contributed by atoms with Crippen LogP contribution in [0.4, 0.5) is 5.82 Å². The van der Waals surface area contributed by atoms with E-state index in [1.54, 1.807) is 36.9 Å². The first-order valence-corrected chi connectivity index (χ1v) is 11.6. The lowest BCUT2D eigenvalue weighted by Crippen LogP contribution is -2.37. The Morgan fingerprint density at radius 3 is 2.88 bits per heavy atom. The van der Waals surface area contributed by atoms with Gasteiger partial charge >= 0.3 is 0 Å². The Balaban J connectivity index is 1.29. The summed E-state index contributed by atoms with van der Waals surface area (Å²) in [5.41, 5.74) is 2.88. The highest BCUT2D eigenvalue weighted by atomic mass is 79.9. The predicted octanol–water partition coefficient (Wildman–Crippen LogP) is 4.51. The molecule has 4 aromatic heterocycles. The molecular formula is C24H23BrN6O2. The number of halogens is 1. The summed E-state index contributed by atoms with van der Waals surface area (Å²) in [6, 6.07) is 9.66. The van der Waals surface area contributed by atoms with Gasteiger partial charge in [-0.15, -0.1) is 0 Å². The normalized spacial score (nSPS) is 14.9. The number of rotatable bonds is 6. The molecule has 5 heterocycles. The molecule has 4 aromatic rings. The molecule has 1 saturated heterocycles. The predicted molar refractivity (Wildman–Crippen MR) is 129 cm³/mol. The molecule has 1 N–H and O–H groups in total. The van der Waals surface area contributed by atoms with Crippen LogP contribution in [0.15, 0.2) is 70.2 Å². The van der Waals surface area contributed by atoms with E-state index in [2.05, 4.69) is 37.4 Å². The van der Waals surface area contributed by atoms with Crippen LogP contribution in [0.2, 0.25) is 0 Å². The maximum atomic E-state index is 12.5. The molecule has 1 aliphatic heterocycles. The van der Waals surface area contributed by atoms with Crippen molar-refractivity contribution in [2.45, 2.75) is 25.3 Å². The van der Waals surface area contributed by atoms with Crippen LogP contribution in [0.5, 0.6) is 0 Å². The second-order valence-electron chi connectivity index (χ2n) is 7.96. The molecule has 1 aliphatic rings. The van der Waals surface area contributed by atoms with Crippen molar-refractivity contribution in [1.29, 1.82) is 0 Å². The summed E-state index contributed by atoms with van der Waals surface area (Å²) in [6.07, 6.45) is 12.0. The number of aromatic nitrogens is 4. The van der Waals surface area contributed by atoms with Crippen LogP contribution >= 0.6 is 15.9 Å². The van der Waals surface area contributed by atoms with Gasteiger partial charge in [0.15, 0.2) is 5.65 Å². The number of carbonyl (C=O) groups is 1. The molecule has 33 heavy (non-hydrogen) atoms. The van der Waals surface area contributed by atoms with E-state index in [0.29, 0.717) is 25.4 Å². The van der Waals surface area contributed by atoms with E-state index in [9.17, 15) is 4.79 Å². The number of pyridine rings is 1. The van der Waals surface area contributed by atoms with Gasteiger partial charge in [0.05, 0.1) is 16.9 Å². The highest BCUT2D eigenvalue weighted by Gasteiger charge is 2.25. The number of nitrogens with zero attached hydrogens (tertiary/aromatic N) is 5. The Kier molecular flexibility index (Phi) is 6.21. The smallest absolute Gasteiger partial charge is 0.246 e. The van der Waals surface area contributed by atoms with E-state index in [-0.39, 0.29) is 11.8 Å². The highest BCUT2D eigenvalue weighted by Crippen LogP contribution is 2.30. The maximum absolute atomic E-state index is 12.5. The monoisotopic (exact) mass is 506 g/mol. The number of likely N-dealkylation sites (tertiary alicyclic amines) is 1. The van der Waals surface area contributed by atoms with Crippen molar-refractivity contribution in [2.24, 2.45) is 0 Å². The Labute approximate surface area is 199 Å². The van der Waals surface area contributed by atoms with Crippen molar-refractivity contribution in [2.75, 3.05) is 18.4 Å². The minimum Gasteiger partial charge on any atom is -0.465 e. The lowest BCUT2D eigenvalue weighted by atomic mass is 9.93. The SMILES string of the molecule is O=C(/C=C/c1ccco1)N1CCC(c2cc(NCc3cccnc3)n3ncc(Br)c3n2)CC1. The van der Waals surface area contributed by atoms with Gasteiger partial charge in [0, 0.05) is 55.8 Å². The fourth-order valence-electron chi connectivity index (χ4n) is 4.03. The summed E-state index contributed by atoms with van der Waals surface area (Å²) in [7, 11) is 0. The summed E-state index contributed by atoms with van der Waals surface area (Å²) in [6.45, 7) is 2.02. The summed E-state index contributed by atoms with van der Waals surface area (Å²) in [5, 5.41) is 7.93. The average Bonchev–Trinajstić information content (AvgIpc) is 3.52. The van der Waals surface area contributed by atoms with Crippen molar-refractivity contribution in [3.63, 3.8) is 0 Å². The van der Waals surface area contributed by atoms with Crippen LogP contribution in [-0.2, 0) is 11.3 Å². The van der Waals surface area contributed by atoms with E-state index in [0.717, 1.165) is 40.0 Å². The molecule has 8 nitrogen and oxygen atoms in total. The fourth-order valence-corrected chi connectivity index (χ4v) is 4.37. The Morgan fingerprint density at radius 1 is 1.24 bits per heavy atom. The lowest BCUT2D eigenvalue weighted by molar-refractivity contribution is -0.127. The van der Waals surface area contributed by atoms with E-state index in [1.807, 2.05) is 33.8 Å². The van der Waals surface area contributed by atoms with Gasteiger partial charge in [-0.3, -0.25) is 9.78 Å². The van der Waals surface area contributed by atoms with Crippen LogP contribution in [-0.4, -0.2) is 43.5 Å². The third kappa shape index (κ3) is 4.83. The van der Waals surface area contributed by atoms with E-state index < -0.39 is 0 Å². The van der Waals surface area contributed by atoms with Gasteiger partial charge < -0.3 is 14.6 Å². The molecule has 0 atom stereocenters. The lowest BCUT2D eigenvalue weighted by Gasteiger charge is -2.31. The summed E-state index contributed by atoms with van der Waals surface area (Å²) >= 11 is 3.57. The standard InChI is InChI=1S/C24H23BrN6O2/c25-20-16-28-31-22(27-15-17-3-1-9-26-14-17)13-21(29-24(20)31)18-7-10-30(11-8-18)23(32)6-5-19-4-2-12-33-19/h1-6,9,12-14,16,18,27H,7-8,10-11,15H2/b6-5+. The van der Waals surface area contributed by atoms with Crippen LogP contribution in [0.25, 0.3) is 11.7 Å². The van der Waals surface area contributed by atoms with Gasteiger partial charge in [-0.1, -0.05) is 6.07 Å². The molecular weight excluding hydrogens is 484 g/mol. The minimum absolute atomic E-state index is 0.00521. The van der Waals surface area contributed by atoms with Crippen LogP contribution < -0.4 is 5.32 Å². The topological polar surface area (TPSA) is 88.6 Å². The summed E-state index contributed by atoms with van der Waals surface area (Å²) in [4.78, 5) is 23.5. The molecule has 1 fully saturated rings. The number of amides is 1. The number of furan rings is 1. The number of hydrogen-bond donors (Lipinski definition) is 1. The quantitative estimate of drug-likeness (QED) is 0.387. The van der Waals surface area contributed by atoms with Gasteiger partial charge in [0.25, 0.3) is 0 Å². The van der Waals surface area contributed by atoms with Gasteiger partial charge in [-0.05, 0) is 58.6 Å². The molecule has 9 heteroatoms. The van der Waals surface area contributed by atoms with Gasteiger partial charge in [0.2, 0.25) is 5.91 Å². The van der Waals surface area contributed by atoms with Crippen LogP contribution in [0.3, 0.4) is 0 Å². The van der Waals surface area contributed by atoms with Gasteiger partial charge in [-0.2, -0.15) is 9.61 Å². The maximum Gasteiger partial charge on any atom is 0.246 e. The third-order valence-corrected chi connectivity index (χ3v) is 6.36. The number of nitrogens with one attached hydrogen (secondary N) is 1. The number of hydrogen-bond acceptors (Lipinski definition) is 6. The Morgan fingerprint density at radius 2 is 2.12 bits per heavy atom. The zero-order valence-electron chi connectivity index (χ0n) is 17.9. The number of piperidine rings is 1. The third-order valence-electron chi connectivity index (χ3n) is 5.80. The van der Waals surface area contributed by atoms with Crippen LogP contribution in [0, 0.1) is 0 Å². The molecule has 0 bridgehead atoms. The molecule has 0 saturated carbocycles. The van der Waals surface area contributed by atoms with Crippen molar-refractivity contribution in [3.8, 4) is 0 Å². The Bertz CT molecular complexity index is 1260. The van der Waals surface area contributed by atoms with E-state index in [4.69, 9.17) is 9.40 Å². The molecule has 1 amide bonds.